The van der Waals surface area contributed by atoms with E-state index in [9.17, 15) is 10.2 Å². The molecule has 0 saturated heterocycles. The SMILES string of the molecule is CC(c1cncn1C)[C@H]1C[C@@H](n2ccc3c(N)ncnc32)[C@H](O)[C@@H]1O. The van der Waals surface area contributed by atoms with Crippen molar-refractivity contribution in [3.8, 4) is 0 Å². The highest BCUT2D eigenvalue weighted by molar-refractivity contribution is 5.86. The van der Waals surface area contributed by atoms with E-state index in [2.05, 4.69) is 21.9 Å². The summed E-state index contributed by atoms with van der Waals surface area (Å²) in [6.45, 7) is 2.06. The number of rotatable bonds is 3. The molecule has 0 radical (unpaired) electrons. The molecule has 1 aliphatic carbocycles. The van der Waals surface area contributed by atoms with E-state index in [1.807, 2.05) is 34.6 Å². The molecular weight excluding hydrogens is 320 g/mol. The molecule has 3 aromatic rings. The van der Waals surface area contributed by atoms with Crippen LogP contribution in [0.3, 0.4) is 0 Å². The number of aryl methyl sites for hydroxylation is 1. The number of aliphatic hydroxyl groups excluding tert-OH is 2. The van der Waals surface area contributed by atoms with Crippen LogP contribution in [0, 0.1) is 5.92 Å². The predicted molar refractivity (Wildman–Crippen MR) is 92.7 cm³/mol. The summed E-state index contributed by atoms with van der Waals surface area (Å²) in [7, 11) is 1.94. The Morgan fingerprint density at radius 1 is 1.28 bits per heavy atom. The number of nitrogens with zero attached hydrogens (tertiary/aromatic N) is 5. The van der Waals surface area contributed by atoms with Gasteiger partial charge in [-0.2, -0.15) is 0 Å². The summed E-state index contributed by atoms with van der Waals surface area (Å²) in [5.74, 6) is 0.410. The Morgan fingerprint density at radius 3 is 2.80 bits per heavy atom. The summed E-state index contributed by atoms with van der Waals surface area (Å²) in [4.78, 5) is 12.5. The Hall–Kier alpha value is -2.45. The predicted octanol–water partition coefficient (Wildman–Crippen LogP) is 0.833. The van der Waals surface area contributed by atoms with Crippen molar-refractivity contribution in [1.29, 1.82) is 0 Å². The van der Waals surface area contributed by atoms with E-state index in [0.29, 0.717) is 17.9 Å². The van der Waals surface area contributed by atoms with E-state index >= 15 is 0 Å². The first kappa shape index (κ1) is 16.0. The number of imidazole rings is 1. The number of aliphatic hydroxyl groups is 2. The first-order chi connectivity index (χ1) is 12.0. The highest BCUT2D eigenvalue weighted by Crippen LogP contribution is 2.43. The zero-order valence-corrected chi connectivity index (χ0v) is 14.2. The van der Waals surface area contributed by atoms with E-state index in [-0.39, 0.29) is 17.9 Å². The van der Waals surface area contributed by atoms with Crippen LogP contribution in [0.25, 0.3) is 11.0 Å². The molecule has 3 heterocycles. The van der Waals surface area contributed by atoms with Crippen LogP contribution in [0.5, 0.6) is 0 Å². The Bertz CT molecular complexity index is 904. The Kier molecular flexibility index (Phi) is 3.73. The van der Waals surface area contributed by atoms with Crippen molar-refractivity contribution in [3.05, 3.63) is 36.8 Å². The third-order valence-electron chi connectivity index (χ3n) is 5.56. The van der Waals surface area contributed by atoms with Crippen molar-refractivity contribution in [2.45, 2.75) is 37.5 Å². The van der Waals surface area contributed by atoms with Gasteiger partial charge in [0.2, 0.25) is 0 Å². The zero-order chi connectivity index (χ0) is 17.7. The Morgan fingerprint density at radius 2 is 2.08 bits per heavy atom. The molecule has 0 aromatic carbocycles. The van der Waals surface area contributed by atoms with Crippen LogP contribution in [-0.4, -0.2) is 46.5 Å². The van der Waals surface area contributed by atoms with Gasteiger partial charge in [0, 0.05) is 31.1 Å². The van der Waals surface area contributed by atoms with Crippen LogP contribution in [0.4, 0.5) is 5.82 Å². The van der Waals surface area contributed by atoms with Crippen LogP contribution in [0.15, 0.2) is 31.1 Å². The fourth-order valence-electron chi connectivity index (χ4n) is 4.10. The van der Waals surface area contributed by atoms with Gasteiger partial charge in [0.15, 0.2) is 0 Å². The fraction of sp³-hybridized carbons (Fsp3) is 0.471. The van der Waals surface area contributed by atoms with E-state index in [4.69, 9.17) is 5.73 Å². The highest BCUT2D eigenvalue weighted by atomic mass is 16.3. The van der Waals surface area contributed by atoms with Crippen LogP contribution in [-0.2, 0) is 7.05 Å². The number of anilines is 1. The van der Waals surface area contributed by atoms with E-state index < -0.39 is 12.2 Å². The number of aromatic nitrogens is 5. The lowest BCUT2D eigenvalue weighted by Gasteiger charge is -2.23. The van der Waals surface area contributed by atoms with Crippen LogP contribution in [0.2, 0.25) is 0 Å². The molecule has 4 N–H and O–H groups in total. The quantitative estimate of drug-likeness (QED) is 0.649. The smallest absolute Gasteiger partial charge is 0.145 e. The molecule has 1 aliphatic rings. The summed E-state index contributed by atoms with van der Waals surface area (Å²) >= 11 is 0. The van der Waals surface area contributed by atoms with Crippen LogP contribution >= 0.6 is 0 Å². The molecule has 1 unspecified atom stereocenters. The van der Waals surface area contributed by atoms with Gasteiger partial charge >= 0.3 is 0 Å². The third-order valence-corrected chi connectivity index (χ3v) is 5.56. The molecule has 3 aromatic heterocycles. The van der Waals surface area contributed by atoms with Crippen molar-refractivity contribution in [3.63, 3.8) is 0 Å². The summed E-state index contributed by atoms with van der Waals surface area (Å²) in [6, 6.07) is 1.59. The normalized spacial score (nSPS) is 27.8. The minimum atomic E-state index is -0.868. The van der Waals surface area contributed by atoms with Crippen molar-refractivity contribution >= 4 is 16.9 Å². The molecule has 8 nitrogen and oxygen atoms in total. The molecule has 0 spiro atoms. The molecule has 1 saturated carbocycles. The van der Waals surface area contributed by atoms with E-state index in [0.717, 1.165) is 11.1 Å². The van der Waals surface area contributed by atoms with Crippen molar-refractivity contribution in [2.75, 3.05) is 5.73 Å². The maximum atomic E-state index is 10.7. The lowest BCUT2D eigenvalue weighted by Crippen LogP contribution is -2.31. The van der Waals surface area contributed by atoms with Crippen LogP contribution in [0.1, 0.15) is 31.0 Å². The number of fused-ring (bicyclic) bond motifs is 1. The first-order valence-electron chi connectivity index (χ1n) is 8.38. The molecule has 132 valence electrons. The van der Waals surface area contributed by atoms with Gasteiger partial charge in [0.1, 0.15) is 23.9 Å². The van der Waals surface area contributed by atoms with Gasteiger partial charge < -0.3 is 25.1 Å². The lowest BCUT2D eigenvalue weighted by molar-refractivity contribution is 0.00256. The second-order valence-electron chi connectivity index (χ2n) is 6.89. The molecule has 25 heavy (non-hydrogen) atoms. The van der Waals surface area contributed by atoms with E-state index in [1.165, 1.54) is 6.33 Å². The Balaban J connectivity index is 1.68. The summed E-state index contributed by atoms with van der Waals surface area (Å²) in [6.07, 6.45) is 5.80. The fourth-order valence-corrected chi connectivity index (χ4v) is 4.10. The number of nitrogen functional groups attached to an aromatic ring is 1. The monoisotopic (exact) mass is 342 g/mol. The zero-order valence-electron chi connectivity index (χ0n) is 14.2. The average Bonchev–Trinajstić information content (AvgIpc) is 3.27. The molecule has 0 bridgehead atoms. The standard InChI is InChI=1S/C17H22N6O2/c1-9(13-6-19-8-22(13)2)11-5-12(15(25)14(11)24)23-4-3-10-16(18)20-7-21-17(10)23/h3-4,6-9,11-12,14-15,24-25H,5H2,1-2H3,(H2,18,20,21)/t9?,11-,12-,14-,15+/m1/s1. The second-order valence-corrected chi connectivity index (χ2v) is 6.89. The molecular formula is C17H22N6O2. The van der Waals surface area contributed by atoms with Gasteiger partial charge in [-0.3, -0.25) is 0 Å². The molecule has 8 heteroatoms. The van der Waals surface area contributed by atoms with Gasteiger partial charge in [-0.1, -0.05) is 6.92 Å². The lowest BCUT2D eigenvalue weighted by atomic mass is 9.88. The second kappa shape index (κ2) is 5.82. The largest absolute Gasteiger partial charge is 0.390 e. The minimum Gasteiger partial charge on any atom is -0.390 e. The van der Waals surface area contributed by atoms with Crippen molar-refractivity contribution < 1.29 is 10.2 Å². The average molecular weight is 342 g/mol. The van der Waals surface area contributed by atoms with Crippen molar-refractivity contribution in [1.82, 2.24) is 24.1 Å². The number of hydrogen-bond acceptors (Lipinski definition) is 6. The minimum absolute atomic E-state index is 0.0728. The van der Waals surface area contributed by atoms with Gasteiger partial charge in [-0.25, -0.2) is 15.0 Å². The summed E-state index contributed by atoms with van der Waals surface area (Å²) in [5, 5.41) is 22.1. The molecule has 4 rings (SSSR count). The molecule has 1 fully saturated rings. The third kappa shape index (κ3) is 2.40. The van der Waals surface area contributed by atoms with E-state index in [1.54, 1.807) is 6.33 Å². The van der Waals surface area contributed by atoms with Crippen LogP contribution < -0.4 is 5.73 Å². The maximum Gasteiger partial charge on any atom is 0.145 e. The molecule has 5 atom stereocenters. The van der Waals surface area contributed by atoms with Gasteiger partial charge in [0.25, 0.3) is 0 Å². The molecule has 0 aliphatic heterocycles. The number of hydrogen-bond donors (Lipinski definition) is 3. The van der Waals surface area contributed by atoms with Crippen molar-refractivity contribution in [2.24, 2.45) is 13.0 Å². The molecule has 0 amide bonds. The first-order valence-corrected chi connectivity index (χ1v) is 8.38. The topological polar surface area (TPSA) is 115 Å². The Labute approximate surface area is 145 Å². The highest BCUT2D eigenvalue weighted by Gasteiger charge is 2.45. The number of nitrogens with two attached hydrogens (primary N) is 1. The van der Waals surface area contributed by atoms with Gasteiger partial charge in [0.05, 0.1) is 23.9 Å². The van der Waals surface area contributed by atoms with Gasteiger partial charge in [-0.15, -0.1) is 0 Å². The maximum absolute atomic E-state index is 10.7. The summed E-state index contributed by atoms with van der Waals surface area (Å²) < 4.78 is 3.85. The van der Waals surface area contributed by atoms with Gasteiger partial charge in [-0.05, 0) is 18.4 Å². The summed E-state index contributed by atoms with van der Waals surface area (Å²) in [5.41, 5.74) is 7.62.